The van der Waals surface area contributed by atoms with Gasteiger partial charge in [0.25, 0.3) is 11.8 Å². The summed E-state index contributed by atoms with van der Waals surface area (Å²) >= 11 is 0. The van der Waals surface area contributed by atoms with E-state index in [9.17, 15) is 19.2 Å². The summed E-state index contributed by atoms with van der Waals surface area (Å²) in [6.45, 7) is 4.70. The van der Waals surface area contributed by atoms with Crippen LogP contribution in [0.3, 0.4) is 0 Å². The Balaban J connectivity index is 1.65. The molecule has 0 fully saturated rings. The third-order valence-electron chi connectivity index (χ3n) is 6.03. The standard InChI is InChI=1S/C28H27N7O7/c1-4-31-26(37)20-14-32-23(17(20)3)24(29)35(28(39)41-15-40-27(38)19-6-5-10-30-13-19)21-12-18(8-7-16(21)2)25(36)33-22-9-11-42-34-22/h5-14,29,32H,4,15H2,1-3H3,(H,31,37)(H,33,34,36). The molecule has 3 heterocycles. The third kappa shape index (κ3) is 6.50. The molecule has 0 spiro atoms. The summed E-state index contributed by atoms with van der Waals surface area (Å²) in [6, 6.07) is 9.01. The highest BCUT2D eigenvalue weighted by Gasteiger charge is 2.29. The van der Waals surface area contributed by atoms with E-state index < -0.39 is 24.8 Å². The lowest BCUT2D eigenvalue weighted by Crippen LogP contribution is -2.39. The number of H-pyrrole nitrogens is 1. The average molecular weight is 574 g/mol. The second-order valence-corrected chi connectivity index (χ2v) is 8.79. The van der Waals surface area contributed by atoms with Gasteiger partial charge in [-0.1, -0.05) is 11.2 Å². The van der Waals surface area contributed by atoms with E-state index in [2.05, 4.69) is 25.8 Å². The first-order chi connectivity index (χ1) is 20.2. The molecule has 0 unspecified atom stereocenters. The molecule has 14 heteroatoms. The number of aromatic nitrogens is 3. The zero-order valence-electron chi connectivity index (χ0n) is 22.9. The van der Waals surface area contributed by atoms with Gasteiger partial charge in [-0.05, 0) is 56.2 Å². The molecule has 0 atom stereocenters. The van der Waals surface area contributed by atoms with E-state index in [-0.39, 0.29) is 45.6 Å². The molecule has 4 aromatic rings. The molecule has 0 aliphatic rings. The lowest BCUT2D eigenvalue weighted by molar-refractivity contribution is 0.0000562. The molecule has 4 N–H and O–H groups in total. The predicted octanol–water partition coefficient (Wildman–Crippen LogP) is 3.80. The topological polar surface area (TPSA) is 193 Å². The monoisotopic (exact) mass is 573 g/mol. The number of hydrogen-bond donors (Lipinski definition) is 4. The number of aromatic amines is 1. The number of esters is 1. The van der Waals surface area contributed by atoms with Gasteiger partial charge < -0.3 is 29.6 Å². The first kappa shape index (κ1) is 29.2. The van der Waals surface area contributed by atoms with Crippen LogP contribution in [0.1, 0.15) is 54.8 Å². The van der Waals surface area contributed by atoms with Gasteiger partial charge in [0.2, 0.25) is 6.79 Å². The summed E-state index contributed by atoms with van der Waals surface area (Å²) in [5, 5.41) is 17.9. The largest absolute Gasteiger partial charge is 0.424 e. The smallest absolute Gasteiger partial charge is 0.423 e. The number of amides is 3. The fourth-order valence-electron chi connectivity index (χ4n) is 3.88. The Labute approximate surface area is 239 Å². The van der Waals surface area contributed by atoms with Crippen LogP contribution in [0.2, 0.25) is 0 Å². The summed E-state index contributed by atoms with van der Waals surface area (Å²) in [6.07, 6.45) is 4.43. The van der Waals surface area contributed by atoms with Crippen molar-refractivity contribution in [2.75, 3.05) is 23.6 Å². The van der Waals surface area contributed by atoms with Gasteiger partial charge in [-0.3, -0.25) is 20.0 Å². The van der Waals surface area contributed by atoms with Crippen molar-refractivity contribution < 1.29 is 33.2 Å². The van der Waals surface area contributed by atoms with Gasteiger partial charge >= 0.3 is 12.1 Å². The zero-order chi connectivity index (χ0) is 30.2. The molecular weight excluding hydrogens is 546 g/mol. The van der Waals surface area contributed by atoms with Gasteiger partial charge in [0, 0.05) is 36.8 Å². The van der Waals surface area contributed by atoms with Crippen molar-refractivity contribution in [2.24, 2.45) is 0 Å². The number of benzene rings is 1. The Morgan fingerprint density at radius 2 is 1.88 bits per heavy atom. The molecule has 1 aromatic carbocycles. The highest BCUT2D eigenvalue weighted by molar-refractivity contribution is 6.21. The van der Waals surface area contributed by atoms with Crippen molar-refractivity contribution in [2.45, 2.75) is 20.8 Å². The minimum Gasteiger partial charge on any atom is -0.424 e. The van der Waals surface area contributed by atoms with Gasteiger partial charge in [0.05, 0.1) is 22.5 Å². The summed E-state index contributed by atoms with van der Waals surface area (Å²) in [7, 11) is 0. The minimum atomic E-state index is -1.08. The number of nitrogens with zero attached hydrogens (tertiary/aromatic N) is 3. The fourth-order valence-corrected chi connectivity index (χ4v) is 3.88. The van der Waals surface area contributed by atoms with Gasteiger partial charge in [0.15, 0.2) is 11.7 Å². The van der Waals surface area contributed by atoms with Crippen LogP contribution in [-0.2, 0) is 9.47 Å². The molecular formula is C28H27N7O7. The Bertz CT molecular complexity index is 1610. The maximum Gasteiger partial charge on any atom is 0.423 e. The number of pyridine rings is 1. The third-order valence-corrected chi connectivity index (χ3v) is 6.03. The highest BCUT2D eigenvalue weighted by atomic mass is 16.7. The normalized spacial score (nSPS) is 10.5. The van der Waals surface area contributed by atoms with E-state index in [4.69, 9.17) is 19.4 Å². The van der Waals surface area contributed by atoms with Crippen LogP contribution in [0.5, 0.6) is 0 Å². The molecule has 0 radical (unpaired) electrons. The zero-order valence-corrected chi connectivity index (χ0v) is 22.9. The van der Waals surface area contributed by atoms with Crippen molar-refractivity contribution in [3.8, 4) is 0 Å². The molecule has 0 saturated heterocycles. The van der Waals surface area contributed by atoms with E-state index in [0.29, 0.717) is 17.7 Å². The lowest BCUT2D eigenvalue weighted by Gasteiger charge is -2.24. The summed E-state index contributed by atoms with van der Waals surface area (Å²) in [4.78, 5) is 58.7. The molecule has 3 aromatic heterocycles. The maximum absolute atomic E-state index is 13.5. The number of aryl methyl sites for hydroxylation is 1. The van der Waals surface area contributed by atoms with E-state index in [1.807, 2.05) is 0 Å². The molecule has 0 aliphatic heterocycles. The van der Waals surface area contributed by atoms with Gasteiger partial charge in [0.1, 0.15) is 6.26 Å². The van der Waals surface area contributed by atoms with Crippen LogP contribution in [0, 0.1) is 19.3 Å². The average Bonchev–Trinajstić information content (AvgIpc) is 3.64. The molecule has 3 amide bonds. The van der Waals surface area contributed by atoms with Crippen molar-refractivity contribution >= 4 is 41.2 Å². The quantitative estimate of drug-likeness (QED) is 0.0997. The molecule has 0 aliphatic carbocycles. The Morgan fingerprint density at radius 3 is 2.57 bits per heavy atom. The number of anilines is 2. The van der Waals surface area contributed by atoms with Crippen LogP contribution in [0.25, 0.3) is 0 Å². The van der Waals surface area contributed by atoms with Crippen LogP contribution in [0.15, 0.2) is 65.8 Å². The van der Waals surface area contributed by atoms with Crippen LogP contribution >= 0.6 is 0 Å². The van der Waals surface area contributed by atoms with Gasteiger partial charge in [-0.15, -0.1) is 0 Å². The van der Waals surface area contributed by atoms with Crippen molar-refractivity contribution in [3.05, 3.63) is 94.8 Å². The predicted molar refractivity (Wildman–Crippen MR) is 149 cm³/mol. The second kappa shape index (κ2) is 13.0. The molecule has 4 rings (SSSR count). The first-order valence-electron chi connectivity index (χ1n) is 12.6. The SMILES string of the molecule is CCNC(=O)c1c[nH]c(C(=N)N(C(=O)OCOC(=O)c2cccnc2)c2cc(C(=O)Nc3ccon3)ccc2C)c1C. The number of ether oxygens (including phenoxy) is 2. The van der Waals surface area contributed by atoms with Crippen molar-refractivity contribution in [1.82, 2.24) is 20.4 Å². The Hall–Kier alpha value is -5.79. The maximum atomic E-state index is 13.5. The highest BCUT2D eigenvalue weighted by Crippen LogP contribution is 2.27. The van der Waals surface area contributed by atoms with E-state index in [0.717, 1.165) is 4.90 Å². The fraction of sp³-hybridized carbons (Fsp3) is 0.179. The summed E-state index contributed by atoms with van der Waals surface area (Å²) in [5.41, 5.74) is 1.77. The van der Waals surface area contributed by atoms with E-state index in [1.165, 1.54) is 49.1 Å². The summed E-state index contributed by atoms with van der Waals surface area (Å²) < 4.78 is 15.0. The van der Waals surface area contributed by atoms with E-state index >= 15 is 0 Å². The number of nitrogens with one attached hydrogen (secondary N) is 4. The first-order valence-corrected chi connectivity index (χ1v) is 12.6. The van der Waals surface area contributed by atoms with Crippen LogP contribution in [-0.4, -0.2) is 58.2 Å². The van der Waals surface area contributed by atoms with E-state index in [1.54, 1.807) is 32.9 Å². The molecule has 0 saturated carbocycles. The number of carbonyl (C=O) groups excluding carboxylic acids is 4. The molecule has 0 bridgehead atoms. The Morgan fingerprint density at radius 1 is 1.07 bits per heavy atom. The van der Waals surface area contributed by atoms with Gasteiger partial charge in [-0.25, -0.2) is 14.5 Å². The molecule has 42 heavy (non-hydrogen) atoms. The summed E-state index contributed by atoms with van der Waals surface area (Å²) in [5.74, 6) is -1.88. The molecule has 14 nitrogen and oxygen atoms in total. The Kier molecular flexibility index (Phi) is 9.07. The number of rotatable bonds is 9. The minimum absolute atomic E-state index is 0.130. The molecule has 216 valence electrons. The number of hydrogen-bond acceptors (Lipinski definition) is 10. The second-order valence-electron chi connectivity index (χ2n) is 8.79. The van der Waals surface area contributed by atoms with Gasteiger partial charge in [-0.2, -0.15) is 0 Å². The lowest BCUT2D eigenvalue weighted by atomic mass is 10.1. The van der Waals surface area contributed by atoms with Crippen molar-refractivity contribution in [1.29, 1.82) is 5.41 Å². The van der Waals surface area contributed by atoms with Crippen LogP contribution in [0.4, 0.5) is 16.3 Å². The van der Waals surface area contributed by atoms with Crippen LogP contribution < -0.4 is 15.5 Å². The number of amidine groups is 1. The number of carbonyl (C=O) groups is 4. The van der Waals surface area contributed by atoms with Crippen molar-refractivity contribution in [3.63, 3.8) is 0 Å².